The number of nitrogens with one attached hydrogen (secondary N) is 2. The fraction of sp³-hybridized carbons (Fsp3) is 0.304. The molecule has 0 fully saturated rings. The van der Waals surface area contributed by atoms with Crippen LogP contribution in [0.1, 0.15) is 49.0 Å². The van der Waals surface area contributed by atoms with Gasteiger partial charge in [0.1, 0.15) is 0 Å². The SMILES string of the molecule is CCN(CC)C(=O)CCCC(=O)Nc1cccc(C(=O)Nc2cccc(C#N)c2)c1. The molecule has 7 nitrogen and oxygen atoms in total. The standard InChI is InChI=1S/C23H26N4O3/c1-3-27(4-2)22(29)13-7-12-21(28)25-20-11-6-9-18(15-20)23(30)26-19-10-5-8-17(14-19)16-24/h5-6,8-11,14-15H,3-4,7,12-13H2,1-2H3,(H,25,28)(H,26,30). The summed E-state index contributed by atoms with van der Waals surface area (Å²) in [5, 5.41) is 14.5. The molecule has 0 radical (unpaired) electrons. The van der Waals surface area contributed by atoms with Gasteiger partial charge >= 0.3 is 0 Å². The molecule has 0 atom stereocenters. The Balaban J connectivity index is 1.90. The van der Waals surface area contributed by atoms with Crippen LogP contribution in [0.5, 0.6) is 0 Å². The first-order chi connectivity index (χ1) is 14.5. The quantitative estimate of drug-likeness (QED) is 0.661. The fourth-order valence-corrected chi connectivity index (χ4v) is 2.97. The van der Waals surface area contributed by atoms with Crippen molar-refractivity contribution in [2.75, 3.05) is 23.7 Å². The van der Waals surface area contributed by atoms with Gasteiger partial charge in [0, 0.05) is 42.9 Å². The monoisotopic (exact) mass is 406 g/mol. The third-order valence-corrected chi connectivity index (χ3v) is 4.57. The van der Waals surface area contributed by atoms with Crippen LogP contribution in [0.2, 0.25) is 0 Å². The highest BCUT2D eigenvalue weighted by molar-refractivity contribution is 6.05. The Hall–Kier alpha value is -3.66. The molecule has 0 heterocycles. The van der Waals surface area contributed by atoms with Crippen molar-refractivity contribution in [3.8, 4) is 6.07 Å². The first-order valence-corrected chi connectivity index (χ1v) is 9.96. The topological polar surface area (TPSA) is 102 Å². The summed E-state index contributed by atoms with van der Waals surface area (Å²) < 4.78 is 0. The number of carbonyl (C=O) groups excluding carboxylic acids is 3. The fourth-order valence-electron chi connectivity index (χ4n) is 2.97. The van der Waals surface area contributed by atoms with Crippen LogP contribution >= 0.6 is 0 Å². The van der Waals surface area contributed by atoms with Crippen molar-refractivity contribution in [3.05, 3.63) is 59.7 Å². The van der Waals surface area contributed by atoms with Gasteiger partial charge in [0.15, 0.2) is 0 Å². The molecule has 0 aliphatic carbocycles. The van der Waals surface area contributed by atoms with Crippen LogP contribution in [-0.4, -0.2) is 35.7 Å². The summed E-state index contributed by atoms with van der Waals surface area (Å²) in [5.41, 5.74) is 1.86. The molecule has 30 heavy (non-hydrogen) atoms. The van der Waals surface area contributed by atoms with E-state index < -0.39 is 0 Å². The Morgan fingerprint density at radius 3 is 2.27 bits per heavy atom. The smallest absolute Gasteiger partial charge is 0.255 e. The minimum absolute atomic E-state index is 0.0481. The number of anilines is 2. The third-order valence-electron chi connectivity index (χ3n) is 4.57. The van der Waals surface area contributed by atoms with Crippen molar-refractivity contribution in [2.24, 2.45) is 0 Å². The van der Waals surface area contributed by atoms with Gasteiger partial charge in [-0.1, -0.05) is 12.1 Å². The van der Waals surface area contributed by atoms with Gasteiger partial charge < -0.3 is 15.5 Å². The number of rotatable bonds is 9. The summed E-state index contributed by atoms with van der Waals surface area (Å²) in [7, 11) is 0. The molecule has 0 aliphatic rings. The number of amides is 3. The van der Waals surface area contributed by atoms with Crippen LogP contribution < -0.4 is 10.6 Å². The van der Waals surface area contributed by atoms with E-state index in [4.69, 9.17) is 5.26 Å². The Morgan fingerprint density at radius 2 is 1.60 bits per heavy atom. The Labute approximate surface area is 176 Å². The minimum Gasteiger partial charge on any atom is -0.343 e. The van der Waals surface area contributed by atoms with Gasteiger partial charge in [0.05, 0.1) is 11.6 Å². The van der Waals surface area contributed by atoms with Crippen molar-refractivity contribution in [2.45, 2.75) is 33.1 Å². The molecule has 3 amide bonds. The normalized spacial score (nSPS) is 10.0. The summed E-state index contributed by atoms with van der Waals surface area (Å²) in [6, 6.07) is 15.3. The number of nitrogens with zero attached hydrogens (tertiary/aromatic N) is 2. The van der Waals surface area contributed by atoms with Crippen LogP contribution in [-0.2, 0) is 9.59 Å². The van der Waals surface area contributed by atoms with Crippen LogP contribution in [0.15, 0.2) is 48.5 Å². The summed E-state index contributed by atoms with van der Waals surface area (Å²) in [5.74, 6) is -0.500. The molecule has 0 aliphatic heterocycles. The maximum atomic E-state index is 12.5. The number of benzene rings is 2. The third kappa shape index (κ3) is 6.74. The van der Waals surface area contributed by atoms with Crippen LogP contribution in [0.4, 0.5) is 11.4 Å². The molecule has 2 rings (SSSR count). The lowest BCUT2D eigenvalue weighted by molar-refractivity contribution is -0.131. The second-order valence-corrected chi connectivity index (χ2v) is 6.70. The zero-order chi connectivity index (χ0) is 21.9. The highest BCUT2D eigenvalue weighted by Crippen LogP contribution is 2.15. The van der Waals surface area contributed by atoms with Gasteiger partial charge in [0.2, 0.25) is 11.8 Å². The summed E-state index contributed by atoms with van der Waals surface area (Å²) >= 11 is 0. The van der Waals surface area contributed by atoms with E-state index in [9.17, 15) is 14.4 Å². The maximum Gasteiger partial charge on any atom is 0.255 e. The number of nitriles is 1. The van der Waals surface area contributed by atoms with Crippen molar-refractivity contribution >= 4 is 29.1 Å². The zero-order valence-electron chi connectivity index (χ0n) is 17.3. The molecule has 0 saturated carbocycles. The first kappa shape index (κ1) is 22.6. The lowest BCUT2D eigenvalue weighted by Gasteiger charge is -2.18. The average molecular weight is 406 g/mol. The molecule has 0 aromatic heterocycles. The largest absolute Gasteiger partial charge is 0.343 e. The minimum atomic E-state index is -0.342. The molecular formula is C23H26N4O3. The molecule has 0 saturated heterocycles. The van der Waals surface area contributed by atoms with E-state index in [1.807, 2.05) is 19.9 Å². The van der Waals surface area contributed by atoms with E-state index in [-0.39, 0.29) is 24.1 Å². The predicted molar refractivity (Wildman–Crippen MR) is 116 cm³/mol. The second-order valence-electron chi connectivity index (χ2n) is 6.70. The molecule has 2 aromatic rings. The average Bonchev–Trinajstić information content (AvgIpc) is 2.75. The lowest BCUT2D eigenvalue weighted by atomic mass is 10.1. The Kier molecular flexibility index (Phi) is 8.57. The maximum absolute atomic E-state index is 12.5. The van der Waals surface area contributed by atoms with Crippen LogP contribution in [0.25, 0.3) is 0 Å². The van der Waals surface area contributed by atoms with Crippen molar-refractivity contribution in [1.82, 2.24) is 4.90 Å². The van der Waals surface area contributed by atoms with Gasteiger partial charge in [-0.15, -0.1) is 0 Å². The zero-order valence-corrected chi connectivity index (χ0v) is 17.3. The molecule has 2 N–H and O–H groups in total. The van der Waals surface area contributed by atoms with E-state index in [1.54, 1.807) is 53.4 Å². The molecule has 2 aromatic carbocycles. The van der Waals surface area contributed by atoms with Crippen LogP contribution in [0.3, 0.4) is 0 Å². The summed E-state index contributed by atoms with van der Waals surface area (Å²) in [6.07, 6.45) is 1.03. The van der Waals surface area contributed by atoms with Gasteiger partial charge in [-0.2, -0.15) is 5.26 Å². The molecule has 0 bridgehead atoms. The van der Waals surface area contributed by atoms with E-state index in [0.717, 1.165) is 0 Å². The Bertz CT molecular complexity index is 945. The molecule has 7 heteroatoms. The summed E-state index contributed by atoms with van der Waals surface area (Å²) in [6.45, 7) is 5.18. The lowest BCUT2D eigenvalue weighted by Crippen LogP contribution is -2.30. The van der Waals surface area contributed by atoms with Crippen molar-refractivity contribution in [3.63, 3.8) is 0 Å². The van der Waals surface area contributed by atoms with E-state index in [1.165, 1.54) is 0 Å². The first-order valence-electron chi connectivity index (χ1n) is 9.96. The van der Waals surface area contributed by atoms with Gasteiger partial charge in [-0.05, 0) is 56.7 Å². The van der Waals surface area contributed by atoms with E-state index >= 15 is 0 Å². The molecular weight excluding hydrogens is 380 g/mol. The van der Waals surface area contributed by atoms with Gasteiger partial charge in [0.25, 0.3) is 5.91 Å². The predicted octanol–water partition coefficient (Wildman–Crippen LogP) is 3.79. The van der Waals surface area contributed by atoms with Crippen molar-refractivity contribution in [1.29, 1.82) is 5.26 Å². The number of hydrogen-bond donors (Lipinski definition) is 2. The highest BCUT2D eigenvalue weighted by Gasteiger charge is 2.12. The van der Waals surface area contributed by atoms with Gasteiger partial charge in [-0.3, -0.25) is 14.4 Å². The molecule has 156 valence electrons. The molecule has 0 unspecified atom stereocenters. The molecule has 0 spiro atoms. The Morgan fingerprint density at radius 1 is 0.933 bits per heavy atom. The van der Waals surface area contributed by atoms with Crippen molar-refractivity contribution < 1.29 is 14.4 Å². The van der Waals surface area contributed by atoms with Gasteiger partial charge in [-0.25, -0.2) is 0 Å². The van der Waals surface area contributed by atoms with E-state index in [0.29, 0.717) is 48.4 Å². The number of hydrogen-bond acceptors (Lipinski definition) is 4. The van der Waals surface area contributed by atoms with E-state index in [2.05, 4.69) is 10.6 Å². The number of carbonyl (C=O) groups is 3. The highest BCUT2D eigenvalue weighted by atomic mass is 16.2. The second kappa shape index (κ2) is 11.4. The summed E-state index contributed by atoms with van der Waals surface area (Å²) in [4.78, 5) is 38.4. The van der Waals surface area contributed by atoms with Crippen LogP contribution in [0, 0.1) is 11.3 Å².